The monoisotopic (exact) mass is 355 g/mol. The molecule has 2 aliphatic rings. The molecule has 0 aliphatic carbocycles. The van der Waals surface area contributed by atoms with Crippen LogP contribution in [0.2, 0.25) is 0 Å². The number of hydrogen-bond acceptors (Lipinski definition) is 5. The summed E-state index contributed by atoms with van der Waals surface area (Å²) in [6.07, 6.45) is 3.66. The molecule has 0 spiro atoms. The van der Waals surface area contributed by atoms with Gasteiger partial charge in [-0.05, 0) is 44.7 Å². The molecule has 1 aromatic carbocycles. The molecule has 2 aromatic rings. The second-order valence-corrected chi connectivity index (χ2v) is 7.31. The van der Waals surface area contributed by atoms with Crippen molar-refractivity contribution in [2.45, 2.75) is 44.4 Å². The smallest absolute Gasteiger partial charge is 0.253 e. The normalized spacial score (nSPS) is 19.7. The van der Waals surface area contributed by atoms with Crippen molar-refractivity contribution in [3.8, 4) is 0 Å². The fourth-order valence-corrected chi connectivity index (χ4v) is 3.82. The third kappa shape index (κ3) is 3.65. The summed E-state index contributed by atoms with van der Waals surface area (Å²) in [7, 11) is 0. The van der Waals surface area contributed by atoms with Crippen LogP contribution in [0.15, 0.2) is 28.8 Å². The van der Waals surface area contributed by atoms with Gasteiger partial charge in [0, 0.05) is 43.7 Å². The van der Waals surface area contributed by atoms with Crippen LogP contribution in [0.5, 0.6) is 0 Å². The van der Waals surface area contributed by atoms with Gasteiger partial charge < -0.3 is 14.2 Å². The standard InChI is InChI=1S/C20H25N3O3/c1-14-3-2-4-17(13-14)20(24)23-9-5-16(6-10-23)19-21-18(22-26-19)15-7-11-25-12-8-15/h2-4,13,15-16H,5-12H2,1H3. The lowest BCUT2D eigenvalue weighted by molar-refractivity contribution is 0.0704. The fraction of sp³-hybridized carbons (Fsp3) is 0.550. The van der Waals surface area contributed by atoms with Crippen LogP contribution >= 0.6 is 0 Å². The number of nitrogens with zero attached hydrogens (tertiary/aromatic N) is 3. The van der Waals surface area contributed by atoms with Gasteiger partial charge >= 0.3 is 0 Å². The van der Waals surface area contributed by atoms with E-state index in [2.05, 4.69) is 10.1 Å². The number of carbonyl (C=O) groups excluding carboxylic acids is 1. The van der Waals surface area contributed by atoms with Gasteiger partial charge in [0.25, 0.3) is 5.91 Å². The number of aryl methyl sites for hydroxylation is 1. The molecule has 6 heteroatoms. The number of benzene rings is 1. The van der Waals surface area contributed by atoms with Gasteiger partial charge in [-0.15, -0.1) is 0 Å². The van der Waals surface area contributed by atoms with Gasteiger partial charge in [-0.25, -0.2) is 0 Å². The summed E-state index contributed by atoms with van der Waals surface area (Å²) in [5.74, 6) is 2.26. The molecule has 4 rings (SSSR count). The van der Waals surface area contributed by atoms with Crippen molar-refractivity contribution in [1.82, 2.24) is 15.0 Å². The first-order chi connectivity index (χ1) is 12.7. The Kier molecular flexibility index (Phi) is 5.02. The largest absolute Gasteiger partial charge is 0.381 e. The van der Waals surface area contributed by atoms with Crippen LogP contribution in [0.1, 0.15) is 65.2 Å². The molecule has 1 amide bonds. The highest BCUT2D eigenvalue weighted by Crippen LogP contribution is 2.30. The summed E-state index contributed by atoms with van der Waals surface area (Å²) in [6.45, 7) is 5.01. The summed E-state index contributed by atoms with van der Waals surface area (Å²) in [4.78, 5) is 19.3. The first-order valence-corrected chi connectivity index (χ1v) is 9.48. The van der Waals surface area contributed by atoms with E-state index < -0.39 is 0 Å². The van der Waals surface area contributed by atoms with Gasteiger partial charge in [0.15, 0.2) is 5.82 Å². The van der Waals surface area contributed by atoms with E-state index in [1.807, 2.05) is 36.1 Å². The van der Waals surface area contributed by atoms with Crippen LogP contribution in [0.3, 0.4) is 0 Å². The summed E-state index contributed by atoms with van der Waals surface area (Å²) in [5, 5.41) is 4.20. The van der Waals surface area contributed by atoms with Gasteiger partial charge in [-0.2, -0.15) is 4.98 Å². The molecular formula is C20H25N3O3. The number of aromatic nitrogens is 2. The van der Waals surface area contributed by atoms with Crippen LogP contribution in [-0.4, -0.2) is 47.3 Å². The second-order valence-electron chi connectivity index (χ2n) is 7.31. The molecule has 2 fully saturated rings. The molecule has 0 bridgehead atoms. The zero-order valence-corrected chi connectivity index (χ0v) is 15.2. The Bertz CT molecular complexity index is 759. The van der Waals surface area contributed by atoms with Crippen LogP contribution in [-0.2, 0) is 4.74 Å². The predicted octanol–water partition coefficient (Wildman–Crippen LogP) is 3.29. The summed E-state index contributed by atoms with van der Waals surface area (Å²) in [5.41, 5.74) is 1.88. The van der Waals surface area contributed by atoms with E-state index in [0.29, 0.717) is 5.92 Å². The minimum atomic E-state index is 0.112. The number of hydrogen-bond donors (Lipinski definition) is 0. The van der Waals surface area contributed by atoms with Crippen molar-refractivity contribution in [2.24, 2.45) is 0 Å². The van der Waals surface area contributed by atoms with E-state index in [4.69, 9.17) is 9.26 Å². The summed E-state index contributed by atoms with van der Waals surface area (Å²) >= 11 is 0. The van der Waals surface area contributed by atoms with E-state index in [9.17, 15) is 4.79 Å². The van der Waals surface area contributed by atoms with Gasteiger partial charge in [0.2, 0.25) is 5.89 Å². The quantitative estimate of drug-likeness (QED) is 0.845. The minimum Gasteiger partial charge on any atom is -0.381 e. The molecule has 3 heterocycles. The Morgan fingerprint density at radius 2 is 1.88 bits per heavy atom. The Hall–Kier alpha value is -2.21. The van der Waals surface area contributed by atoms with Gasteiger partial charge in [0.05, 0.1) is 0 Å². The number of likely N-dealkylation sites (tertiary alicyclic amines) is 1. The Morgan fingerprint density at radius 3 is 2.62 bits per heavy atom. The number of ether oxygens (including phenoxy) is 1. The van der Waals surface area contributed by atoms with Crippen molar-refractivity contribution in [2.75, 3.05) is 26.3 Å². The predicted molar refractivity (Wildman–Crippen MR) is 96.1 cm³/mol. The average Bonchev–Trinajstić information content (AvgIpc) is 3.18. The van der Waals surface area contributed by atoms with E-state index in [1.54, 1.807) is 0 Å². The van der Waals surface area contributed by atoms with E-state index >= 15 is 0 Å². The van der Waals surface area contributed by atoms with Gasteiger partial charge in [-0.3, -0.25) is 4.79 Å². The van der Waals surface area contributed by atoms with Crippen molar-refractivity contribution < 1.29 is 14.1 Å². The zero-order chi connectivity index (χ0) is 17.9. The molecule has 0 saturated carbocycles. The average molecular weight is 355 g/mol. The SMILES string of the molecule is Cc1cccc(C(=O)N2CCC(c3nc(C4CCOCC4)no3)CC2)c1. The van der Waals surface area contributed by atoms with Crippen LogP contribution in [0, 0.1) is 6.92 Å². The van der Waals surface area contributed by atoms with E-state index in [1.165, 1.54) is 0 Å². The molecule has 0 unspecified atom stereocenters. The maximum absolute atomic E-state index is 12.7. The van der Waals surface area contributed by atoms with Gasteiger partial charge in [0.1, 0.15) is 0 Å². The van der Waals surface area contributed by atoms with Crippen LogP contribution in [0.25, 0.3) is 0 Å². The number of carbonyl (C=O) groups is 1. The lowest BCUT2D eigenvalue weighted by Gasteiger charge is -2.30. The summed E-state index contributed by atoms with van der Waals surface area (Å²) in [6, 6.07) is 7.78. The molecule has 26 heavy (non-hydrogen) atoms. The van der Waals surface area contributed by atoms with Crippen molar-refractivity contribution in [1.29, 1.82) is 0 Å². The number of piperidine rings is 1. The minimum absolute atomic E-state index is 0.112. The lowest BCUT2D eigenvalue weighted by atomic mass is 9.95. The molecule has 0 atom stereocenters. The van der Waals surface area contributed by atoms with Gasteiger partial charge in [-0.1, -0.05) is 22.9 Å². The maximum atomic E-state index is 12.7. The maximum Gasteiger partial charge on any atom is 0.253 e. The Labute approximate surface area is 153 Å². The molecular weight excluding hydrogens is 330 g/mol. The van der Waals surface area contributed by atoms with Crippen molar-refractivity contribution in [3.05, 3.63) is 47.1 Å². The third-order valence-corrected chi connectivity index (χ3v) is 5.44. The molecule has 2 aliphatic heterocycles. The number of rotatable bonds is 3. The molecule has 2 saturated heterocycles. The van der Waals surface area contributed by atoms with E-state index in [-0.39, 0.29) is 11.8 Å². The highest BCUT2D eigenvalue weighted by atomic mass is 16.5. The molecule has 0 N–H and O–H groups in total. The first-order valence-electron chi connectivity index (χ1n) is 9.48. The lowest BCUT2D eigenvalue weighted by Crippen LogP contribution is -2.38. The molecule has 0 radical (unpaired) electrons. The number of amides is 1. The Morgan fingerprint density at radius 1 is 1.12 bits per heavy atom. The second kappa shape index (κ2) is 7.58. The van der Waals surface area contributed by atoms with Crippen LogP contribution in [0.4, 0.5) is 0 Å². The highest BCUT2D eigenvalue weighted by molar-refractivity contribution is 5.94. The van der Waals surface area contributed by atoms with E-state index in [0.717, 1.165) is 74.8 Å². The summed E-state index contributed by atoms with van der Waals surface area (Å²) < 4.78 is 10.9. The van der Waals surface area contributed by atoms with Crippen molar-refractivity contribution >= 4 is 5.91 Å². The zero-order valence-electron chi connectivity index (χ0n) is 15.2. The molecule has 138 valence electrons. The molecule has 6 nitrogen and oxygen atoms in total. The Balaban J connectivity index is 1.36. The topological polar surface area (TPSA) is 68.5 Å². The highest BCUT2D eigenvalue weighted by Gasteiger charge is 2.29. The van der Waals surface area contributed by atoms with Crippen molar-refractivity contribution in [3.63, 3.8) is 0 Å². The fourth-order valence-electron chi connectivity index (χ4n) is 3.82. The van der Waals surface area contributed by atoms with Crippen LogP contribution < -0.4 is 0 Å². The first kappa shape index (κ1) is 17.2. The third-order valence-electron chi connectivity index (χ3n) is 5.44. The molecule has 1 aromatic heterocycles.